The Labute approximate surface area is 81.4 Å². The number of hydrogen-bond acceptors (Lipinski definition) is 1. The van der Waals surface area contributed by atoms with E-state index in [2.05, 4.69) is 25.0 Å². The molecule has 1 rings (SSSR count). The first-order valence-corrected chi connectivity index (χ1v) is 4.92. The van der Waals surface area contributed by atoms with Gasteiger partial charge in [-0.25, -0.2) is 0 Å². The SMILES string of the molecule is C=C/C=C(\C=C)CN1CCC(C)C1. The van der Waals surface area contributed by atoms with Gasteiger partial charge in [-0.1, -0.05) is 38.3 Å². The van der Waals surface area contributed by atoms with E-state index in [-0.39, 0.29) is 0 Å². The summed E-state index contributed by atoms with van der Waals surface area (Å²) in [5.41, 5.74) is 1.27. The topological polar surface area (TPSA) is 3.24 Å². The molecule has 1 fully saturated rings. The van der Waals surface area contributed by atoms with Gasteiger partial charge in [0.1, 0.15) is 0 Å². The molecule has 0 aromatic heterocycles. The fraction of sp³-hybridized carbons (Fsp3) is 0.500. The van der Waals surface area contributed by atoms with Gasteiger partial charge in [0.05, 0.1) is 0 Å². The Bertz CT molecular complexity index is 215. The van der Waals surface area contributed by atoms with Crippen LogP contribution < -0.4 is 0 Å². The zero-order valence-electron chi connectivity index (χ0n) is 8.50. The molecule has 1 atom stereocenters. The maximum absolute atomic E-state index is 3.80. The zero-order valence-corrected chi connectivity index (χ0v) is 8.50. The predicted octanol–water partition coefficient (Wildman–Crippen LogP) is 2.63. The lowest BCUT2D eigenvalue weighted by molar-refractivity contribution is 0.358. The Morgan fingerprint density at radius 1 is 1.54 bits per heavy atom. The lowest BCUT2D eigenvalue weighted by Crippen LogP contribution is -2.22. The van der Waals surface area contributed by atoms with Gasteiger partial charge in [0.2, 0.25) is 0 Å². The summed E-state index contributed by atoms with van der Waals surface area (Å²) in [4.78, 5) is 2.47. The molecule has 1 unspecified atom stereocenters. The number of likely N-dealkylation sites (tertiary alicyclic amines) is 1. The molecule has 13 heavy (non-hydrogen) atoms. The maximum atomic E-state index is 3.80. The van der Waals surface area contributed by atoms with Crippen LogP contribution in [0, 0.1) is 5.92 Å². The highest BCUT2D eigenvalue weighted by Crippen LogP contribution is 2.16. The number of nitrogens with zero attached hydrogens (tertiary/aromatic N) is 1. The molecule has 0 spiro atoms. The van der Waals surface area contributed by atoms with Crippen LogP contribution in [0.25, 0.3) is 0 Å². The van der Waals surface area contributed by atoms with E-state index in [4.69, 9.17) is 0 Å². The third kappa shape index (κ3) is 3.19. The second kappa shape index (κ2) is 5.03. The van der Waals surface area contributed by atoms with Gasteiger partial charge in [0, 0.05) is 13.1 Å². The zero-order chi connectivity index (χ0) is 9.68. The Kier molecular flexibility index (Phi) is 3.97. The molecule has 1 saturated heterocycles. The summed E-state index contributed by atoms with van der Waals surface area (Å²) < 4.78 is 0. The van der Waals surface area contributed by atoms with Crippen LogP contribution in [0.5, 0.6) is 0 Å². The molecule has 0 aromatic rings. The van der Waals surface area contributed by atoms with Crippen molar-refractivity contribution in [3.8, 4) is 0 Å². The van der Waals surface area contributed by atoms with Gasteiger partial charge in [0.15, 0.2) is 0 Å². The Hall–Kier alpha value is -0.820. The van der Waals surface area contributed by atoms with Crippen LogP contribution in [-0.2, 0) is 0 Å². The predicted molar refractivity (Wildman–Crippen MR) is 58.7 cm³/mol. The van der Waals surface area contributed by atoms with E-state index >= 15 is 0 Å². The van der Waals surface area contributed by atoms with E-state index in [1.807, 2.05) is 18.2 Å². The molecule has 0 amide bonds. The third-order valence-electron chi connectivity index (χ3n) is 2.51. The van der Waals surface area contributed by atoms with E-state index in [1.165, 1.54) is 25.1 Å². The summed E-state index contributed by atoms with van der Waals surface area (Å²) in [6.45, 7) is 13.3. The smallest absolute Gasteiger partial charge is 0.0233 e. The van der Waals surface area contributed by atoms with E-state index in [9.17, 15) is 0 Å². The molecule has 1 aliphatic rings. The summed E-state index contributed by atoms with van der Waals surface area (Å²) in [5.74, 6) is 0.856. The molecule has 0 aromatic carbocycles. The van der Waals surface area contributed by atoms with Crippen molar-refractivity contribution in [3.05, 3.63) is 37.0 Å². The standard InChI is InChI=1S/C12H19N/c1-4-6-12(5-2)10-13-8-7-11(3)9-13/h4-6,11H,1-2,7-10H2,3H3/b12-6+. The van der Waals surface area contributed by atoms with Crippen molar-refractivity contribution in [3.63, 3.8) is 0 Å². The lowest BCUT2D eigenvalue weighted by atomic mass is 10.2. The lowest BCUT2D eigenvalue weighted by Gasteiger charge is -2.15. The quantitative estimate of drug-likeness (QED) is 0.597. The van der Waals surface area contributed by atoms with Crippen LogP contribution in [0.3, 0.4) is 0 Å². The minimum absolute atomic E-state index is 0.856. The van der Waals surface area contributed by atoms with Gasteiger partial charge in [-0.3, -0.25) is 4.90 Å². The molecule has 1 nitrogen and oxygen atoms in total. The summed E-state index contributed by atoms with van der Waals surface area (Å²) >= 11 is 0. The van der Waals surface area contributed by atoms with Crippen LogP contribution in [0.15, 0.2) is 37.0 Å². The molecule has 0 bridgehead atoms. The first-order chi connectivity index (χ1) is 6.26. The van der Waals surface area contributed by atoms with Crippen LogP contribution >= 0.6 is 0 Å². The Morgan fingerprint density at radius 2 is 2.31 bits per heavy atom. The number of hydrogen-bond donors (Lipinski definition) is 0. The average Bonchev–Trinajstić information content (AvgIpc) is 2.50. The summed E-state index contributed by atoms with van der Waals surface area (Å²) in [6, 6.07) is 0. The van der Waals surface area contributed by atoms with E-state index in [1.54, 1.807) is 0 Å². The second-order valence-corrected chi connectivity index (χ2v) is 3.81. The Morgan fingerprint density at radius 3 is 2.77 bits per heavy atom. The second-order valence-electron chi connectivity index (χ2n) is 3.81. The van der Waals surface area contributed by atoms with Crippen LogP contribution in [0.2, 0.25) is 0 Å². The molecule has 0 N–H and O–H groups in total. The minimum Gasteiger partial charge on any atom is -0.299 e. The van der Waals surface area contributed by atoms with Crippen molar-refractivity contribution < 1.29 is 0 Å². The van der Waals surface area contributed by atoms with Crippen molar-refractivity contribution in [2.45, 2.75) is 13.3 Å². The highest BCUT2D eigenvalue weighted by Gasteiger charge is 2.18. The van der Waals surface area contributed by atoms with Crippen molar-refractivity contribution in [1.29, 1.82) is 0 Å². The third-order valence-corrected chi connectivity index (χ3v) is 2.51. The number of rotatable bonds is 4. The molecule has 0 saturated carbocycles. The van der Waals surface area contributed by atoms with E-state index < -0.39 is 0 Å². The highest BCUT2D eigenvalue weighted by molar-refractivity contribution is 5.22. The molecule has 0 radical (unpaired) electrons. The van der Waals surface area contributed by atoms with Crippen molar-refractivity contribution in [1.82, 2.24) is 4.90 Å². The first kappa shape index (κ1) is 10.3. The summed E-state index contributed by atoms with van der Waals surface area (Å²) in [5, 5.41) is 0. The maximum Gasteiger partial charge on any atom is 0.0233 e. The average molecular weight is 177 g/mol. The van der Waals surface area contributed by atoms with E-state index in [0.29, 0.717) is 0 Å². The van der Waals surface area contributed by atoms with Crippen LogP contribution in [0.1, 0.15) is 13.3 Å². The summed E-state index contributed by atoms with van der Waals surface area (Å²) in [7, 11) is 0. The molecule has 72 valence electrons. The van der Waals surface area contributed by atoms with Gasteiger partial charge in [0.25, 0.3) is 0 Å². The Balaban J connectivity index is 2.42. The van der Waals surface area contributed by atoms with Gasteiger partial charge in [-0.05, 0) is 24.5 Å². The van der Waals surface area contributed by atoms with Gasteiger partial charge < -0.3 is 0 Å². The van der Waals surface area contributed by atoms with E-state index in [0.717, 1.165) is 12.5 Å². The highest BCUT2D eigenvalue weighted by atomic mass is 15.1. The number of allylic oxidation sites excluding steroid dienone is 2. The van der Waals surface area contributed by atoms with Crippen LogP contribution in [0.4, 0.5) is 0 Å². The molecule has 1 aliphatic heterocycles. The molecular formula is C12H19N. The van der Waals surface area contributed by atoms with Gasteiger partial charge in [-0.2, -0.15) is 0 Å². The fourth-order valence-corrected chi connectivity index (χ4v) is 1.76. The molecular weight excluding hydrogens is 158 g/mol. The molecule has 1 heteroatoms. The van der Waals surface area contributed by atoms with Crippen LogP contribution in [-0.4, -0.2) is 24.5 Å². The largest absolute Gasteiger partial charge is 0.299 e. The monoisotopic (exact) mass is 177 g/mol. The van der Waals surface area contributed by atoms with Gasteiger partial charge >= 0.3 is 0 Å². The normalized spacial score (nSPS) is 24.7. The first-order valence-electron chi connectivity index (χ1n) is 4.92. The van der Waals surface area contributed by atoms with Crippen molar-refractivity contribution in [2.24, 2.45) is 5.92 Å². The van der Waals surface area contributed by atoms with Crippen molar-refractivity contribution in [2.75, 3.05) is 19.6 Å². The van der Waals surface area contributed by atoms with Gasteiger partial charge in [-0.15, -0.1) is 0 Å². The fourth-order valence-electron chi connectivity index (χ4n) is 1.76. The minimum atomic E-state index is 0.856. The molecule has 1 heterocycles. The molecule has 0 aliphatic carbocycles. The van der Waals surface area contributed by atoms with Crippen molar-refractivity contribution >= 4 is 0 Å². The summed E-state index contributed by atoms with van der Waals surface area (Å²) in [6.07, 6.45) is 7.12.